The van der Waals surface area contributed by atoms with E-state index in [0.717, 1.165) is 12.1 Å². The molecule has 2 aromatic rings. The highest BCUT2D eigenvalue weighted by molar-refractivity contribution is 5.41. The molecule has 0 fully saturated rings. The minimum absolute atomic E-state index is 0. The lowest BCUT2D eigenvalue weighted by Gasteiger charge is -2.05. The Kier molecular flexibility index (Phi) is 4.98. The van der Waals surface area contributed by atoms with Gasteiger partial charge in [0.2, 0.25) is 0 Å². The number of hydrogen-bond acceptors (Lipinski definition) is 2. The number of nitrogens with zero attached hydrogens (tertiary/aromatic N) is 1. The fourth-order valence-electron chi connectivity index (χ4n) is 1.77. The monoisotopic (exact) mass is 265 g/mol. The van der Waals surface area contributed by atoms with Gasteiger partial charge in [0.25, 0.3) is 0 Å². The van der Waals surface area contributed by atoms with Crippen molar-refractivity contribution in [2.45, 2.75) is 13.5 Å². The van der Waals surface area contributed by atoms with Crippen LogP contribution in [0.3, 0.4) is 0 Å². The first-order chi connectivity index (χ1) is 8.20. The molecule has 2 rings (SSSR count). The van der Waals surface area contributed by atoms with Gasteiger partial charge in [-0.15, -0.1) is 0 Å². The predicted octanol–water partition coefficient (Wildman–Crippen LogP) is -0.951. The molecule has 96 valence electrons. The van der Waals surface area contributed by atoms with Crippen LogP contribution in [0.25, 0.3) is 0 Å². The third kappa shape index (κ3) is 3.14. The van der Waals surface area contributed by atoms with Crippen LogP contribution in [0.1, 0.15) is 11.3 Å². The van der Waals surface area contributed by atoms with Crippen molar-refractivity contribution in [1.29, 1.82) is 0 Å². The van der Waals surface area contributed by atoms with Gasteiger partial charge in [0, 0.05) is 24.6 Å². The summed E-state index contributed by atoms with van der Waals surface area (Å²) in [5.74, 6) is 0.683. The molecule has 1 aromatic carbocycles. The van der Waals surface area contributed by atoms with Gasteiger partial charge in [-0.05, 0) is 18.2 Å². The number of benzene rings is 1. The molecule has 0 saturated heterocycles. The zero-order chi connectivity index (χ0) is 12.3. The summed E-state index contributed by atoms with van der Waals surface area (Å²) in [7, 11) is 1.55. The lowest BCUT2D eigenvalue weighted by Crippen LogP contribution is -3.00. The Balaban J connectivity index is 0.00000162. The maximum Gasteiger partial charge on any atom is 0.178 e. The molecule has 18 heavy (non-hydrogen) atoms. The van der Waals surface area contributed by atoms with Crippen molar-refractivity contribution in [2.24, 2.45) is 0 Å². The highest BCUT2D eigenvalue weighted by Gasteiger charge is 2.08. The molecule has 0 saturated carbocycles. The Morgan fingerprint density at radius 1 is 1.22 bits per heavy atom. The number of aryl methyl sites for hydroxylation is 1. The summed E-state index contributed by atoms with van der Waals surface area (Å²) < 4.78 is 7.14. The van der Waals surface area contributed by atoms with Crippen molar-refractivity contribution in [1.82, 2.24) is 0 Å². The molecule has 0 amide bonds. The second kappa shape index (κ2) is 6.26. The molecule has 3 nitrogen and oxygen atoms in total. The third-order valence-electron chi connectivity index (χ3n) is 2.76. The van der Waals surface area contributed by atoms with E-state index in [1.807, 2.05) is 24.4 Å². The molecule has 0 radical (unpaired) electrons. The molecule has 1 heterocycles. The molecule has 1 aromatic heterocycles. The van der Waals surface area contributed by atoms with Gasteiger partial charge in [0.05, 0.1) is 7.11 Å². The molecule has 0 aliphatic carbocycles. The van der Waals surface area contributed by atoms with Crippen molar-refractivity contribution < 1.29 is 26.8 Å². The second-order valence-electron chi connectivity index (χ2n) is 3.98. The van der Waals surface area contributed by atoms with E-state index in [1.165, 1.54) is 5.69 Å². The number of aromatic hydroxyl groups is 1. The zero-order valence-corrected chi connectivity index (χ0v) is 11.2. The maximum absolute atomic E-state index is 9.70. The van der Waals surface area contributed by atoms with Crippen LogP contribution in [0, 0.1) is 6.92 Å². The molecule has 4 heteroatoms. The van der Waals surface area contributed by atoms with Gasteiger partial charge >= 0.3 is 0 Å². The summed E-state index contributed by atoms with van der Waals surface area (Å²) in [6.45, 7) is 2.80. The van der Waals surface area contributed by atoms with E-state index in [2.05, 4.69) is 17.6 Å². The molecular weight excluding hydrogens is 250 g/mol. The first kappa shape index (κ1) is 14.3. The predicted molar refractivity (Wildman–Crippen MR) is 65.1 cm³/mol. The first-order valence-electron chi connectivity index (χ1n) is 5.51. The van der Waals surface area contributed by atoms with Crippen LogP contribution in [-0.2, 0) is 6.54 Å². The highest BCUT2D eigenvalue weighted by atomic mass is 35.5. The van der Waals surface area contributed by atoms with Crippen LogP contribution in [0.2, 0.25) is 0 Å². The number of hydrogen-bond donors (Lipinski definition) is 1. The Morgan fingerprint density at radius 3 is 2.61 bits per heavy atom. The number of ether oxygens (including phenoxy) is 1. The number of rotatable bonds is 3. The van der Waals surface area contributed by atoms with Gasteiger partial charge in [0.15, 0.2) is 29.9 Å². The highest BCUT2D eigenvalue weighted by Crippen LogP contribution is 2.25. The van der Waals surface area contributed by atoms with Crippen LogP contribution >= 0.6 is 0 Å². The van der Waals surface area contributed by atoms with E-state index in [1.54, 1.807) is 19.2 Å². The Labute approximate surface area is 113 Å². The van der Waals surface area contributed by atoms with Crippen LogP contribution in [0.5, 0.6) is 11.5 Å². The van der Waals surface area contributed by atoms with Gasteiger partial charge in [0.1, 0.15) is 0 Å². The minimum Gasteiger partial charge on any atom is -1.00 e. The fraction of sp³-hybridized carbons (Fsp3) is 0.214. The first-order valence-corrected chi connectivity index (χ1v) is 5.51. The topological polar surface area (TPSA) is 33.3 Å². The quantitative estimate of drug-likeness (QED) is 0.726. The maximum atomic E-state index is 9.70. The largest absolute Gasteiger partial charge is 1.00 e. The summed E-state index contributed by atoms with van der Waals surface area (Å²) in [5.41, 5.74) is 2.23. The summed E-state index contributed by atoms with van der Waals surface area (Å²) in [6.07, 6.45) is 2.02. The smallest absolute Gasteiger partial charge is 0.178 e. The van der Waals surface area contributed by atoms with E-state index in [0.29, 0.717) is 5.75 Å². The lowest BCUT2D eigenvalue weighted by molar-refractivity contribution is -0.694. The zero-order valence-electron chi connectivity index (χ0n) is 10.4. The molecule has 0 unspecified atom stereocenters. The SMILES string of the molecule is COc1ccc(C[n+]2ccccc2C)cc1O.[Cl-]. The Morgan fingerprint density at radius 2 is 2.00 bits per heavy atom. The number of phenolic OH excluding ortho intramolecular Hbond substituents is 1. The third-order valence-corrected chi connectivity index (χ3v) is 2.76. The van der Waals surface area contributed by atoms with Crippen molar-refractivity contribution >= 4 is 0 Å². The molecule has 0 aliphatic rings. The van der Waals surface area contributed by atoms with E-state index in [9.17, 15) is 5.11 Å². The van der Waals surface area contributed by atoms with Crippen LogP contribution in [0.4, 0.5) is 0 Å². The van der Waals surface area contributed by atoms with E-state index in [4.69, 9.17) is 4.74 Å². The molecule has 0 aliphatic heterocycles. The number of aromatic nitrogens is 1. The summed E-state index contributed by atoms with van der Waals surface area (Å²) >= 11 is 0. The van der Waals surface area contributed by atoms with Crippen LogP contribution in [0.15, 0.2) is 42.6 Å². The van der Waals surface area contributed by atoms with E-state index in [-0.39, 0.29) is 18.2 Å². The lowest BCUT2D eigenvalue weighted by atomic mass is 10.2. The van der Waals surface area contributed by atoms with Crippen molar-refractivity contribution in [2.75, 3.05) is 7.11 Å². The standard InChI is InChI=1S/C14H15NO2.ClH/c1-11-5-3-4-8-15(11)10-12-6-7-14(17-2)13(16)9-12;/h3-9H,10H2,1-2H3;1H. The van der Waals surface area contributed by atoms with Gasteiger partial charge < -0.3 is 22.3 Å². The van der Waals surface area contributed by atoms with E-state index >= 15 is 0 Å². The Hall–Kier alpha value is -1.74. The van der Waals surface area contributed by atoms with Crippen molar-refractivity contribution in [3.05, 3.63) is 53.9 Å². The molecule has 0 spiro atoms. The van der Waals surface area contributed by atoms with Gasteiger partial charge in [-0.3, -0.25) is 0 Å². The minimum atomic E-state index is 0. The average Bonchev–Trinajstić information content (AvgIpc) is 2.32. The fourth-order valence-corrected chi connectivity index (χ4v) is 1.77. The van der Waals surface area contributed by atoms with E-state index < -0.39 is 0 Å². The normalized spacial score (nSPS) is 9.67. The molecule has 0 atom stereocenters. The Bertz CT molecular complexity index is 529. The number of methoxy groups -OCH3 is 1. The molecule has 1 N–H and O–H groups in total. The molecular formula is C14H16ClNO2. The van der Waals surface area contributed by atoms with Crippen molar-refractivity contribution in [3.8, 4) is 11.5 Å². The number of halogens is 1. The van der Waals surface area contributed by atoms with Crippen LogP contribution in [-0.4, -0.2) is 12.2 Å². The second-order valence-corrected chi connectivity index (χ2v) is 3.98. The van der Waals surface area contributed by atoms with Crippen molar-refractivity contribution in [3.63, 3.8) is 0 Å². The molecule has 0 bridgehead atoms. The summed E-state index contributed by atoms with van der Waals surface area (Å²) in [4.78, 5) is 0. The summed E-state index contributed by atoms with van der Waals surface area (Å²) in [5, 5.41) is 9.70. The average molecular weight is 266 g/mol. The van der Waals surface area contributed by atoms with Gasteiger partial charge in [-0.1, -0.05) is 6.07 Å². The summed E-state index contributed by atoms with van der Waals surface area (Å²) in [6, 6.07) is 11.5. The van der Waals surface area contributed by atoms with Gasteiger partial charge in [-0.25, -0.2) is 0 Å². The van der Waals surface area contributed by atoms with Gasteiger partial charge in [-0.2, -0.15) is 4.57 Å². The van der Waals surface area contributed by atoms with Crippen LogP contribution < -0.4 is 21.7 Å². The number of phenols is 1. The number of pyridine rings is 1.